The lowest BCUT2D eigenvalue weighted by Crippen LogP contribution is -2.52. The highest BCUT2D eigenvalue weighted by molar-refractivity contribution is 6.31. The third kappa shape index (κ3) is 5.80. The van der Waals surface area contributed by atoms with Gasteiger partial charge in [-0.25, -0.2) is 0 Å². The summed E-state index contributed by atoms with van der Waals surface area (Å²) in [5.74, 6) is 1.06. The van der Waals surface area contributed by atoms with E-state index in [0.29, 0.717) is 47.7 Å². The molecular weight excluding hydrogens is 427 g/mol. The first kappa shape index (κ1) is 22.2. The zero-order valence-corrected chi connectivity index (χ0v) is 18.5. The molecule has 0 N–H and O–H groups in total. The van der Waals surface area contributed by atoms with Crippen molar-refractivity contribution in [1.82, 2.24) is 9.80 Å². The average Bonchev–Trinajstić information content (AvgIpc) is 2.72. The van der Waals surface area contributed by atoms with Gasteiger partial charge in [-0.1, -0.05) is 23.2 Å². The Morgan fingerprint density at radius 3 is 1.47 bits per heavy atom. The third-order valence-corrected chi connectivity index (χ3v) is 5.43. The Balaban J connectivity index is 1.43. The normalized spacial score (nSPS) is 13.9. The van der Waals surface area contributed by atoms with Gasteiger partial charge >= 0.3 is 0 Å². The molecule has 1 fully saturated rings. The minimum atomic E-state index is -0.107. The molecule has 6 nitrogen and oxygen atoms in total. The van der Waals surface area contributed by atoms with E-state index in [1.807, 2.05) is 13.8 Å². The molecule has 3 rings (SSSR count). The van der Waals surface area contributed by atoms with Crippen LogP contribution in [0.2, 0.25) is 10.0 Å². The van der Waals surface area contributed by atoms with Crippen LogP contribution in [0.15, 0.2) is 36.4 Å². The number of nitrogens with zero attached hydrogens (tertiary/aromatic N) is 2. The largest absolute Gasteiger partial charge is 0.483 e. The van der Waals surface area contributed by atoms with Gasteiger partial charge in [-0.2, -0.15) is 0 Å². The predicted octanol–water partition coefficient (Wildman–Crippen LogP) is 3.74. The summed E-state index contributed by atoms with van der Waals surface area (Å²) in [5.41, 5.74) is 1.75. The Labute approximate surface area is 186 Å². The number of carbonyl (C=O) groups excluding carboxylic acids is 2. The van der Waals surface area contributed by atoms with Crippen molar-refractivity contribution < 1.29 is 19.1 Å². The van der Waals surface area contributed by atoms with E-state index in [0.717, 1.165) is 11.1 Å². The first-order valence-electron chi connectivity index (χ1n) is 9.67. The monoisotopic (exact) mass is 450 g/mol. The van der Waals surface area contributed by atoms with Crippen LogP contribution in [0, 0.1) is 13.8 Å². The minimum Gasteiger partial charge on any atom is -0.483 e. The van der Waals surface area contributed by atoms with Crippen LogP contribution in [0.4, 0.5) is 0 Å². The molecule has 0 aromatic heterocycles. The molecule has 1 aliphatic rings. The second-order valence-electron chi connectivity index (χ2n) is 7.16. The van der Waals surface area contributed by atoms with Gasteiger partial charge in [0.2, 0.25) is 0 Å². The first-order valence-corrected chi connectivity index (χ1v) is 10.4. The topological polar surface area (TPSA) is 59.1 Å². The second-order valence-corrected chi connectivity index (χ2v) is 8.03. The van der Waals surface area contributed by atoms with Crippen LogP contribution in [0.3, 0.4) is 0 Å². The van der Waals surface area contributed by atoms with Gasteiger partial charge in [-0.3, -0.25) is 9.59 Å². The Hall–Kier alpha value is -2.44. The molecule has 160 valence electrons. The molecule has 0 saturated carbocycles. The van der Waals surface area contributed by atoms with Crippen molar-refractivity contribution >= 4 is 35.0 Å². The molecule has 0 radical (unpaired) electrons. The first-order chi connectivity index (χ1) is 14.3. The Morgan fingerprint density at radius 2 is 1.13 bits per heavy atom. The molecule has 0 bridgehead atoms. The Morgan fingerprint density at radius 1 is 0.767 bits per heavy atom. The fourth-order valence-corrected chi connectivity index (χ4v) is 3.67. The minimum absolute atomic E-state index is 0.0463. The summed E-state index contributed by atoms with van der Waals surface area (Å²) >= 11 is 11.9. The summed E-state index contributed by atoms with van der Waals surface area (Å²) in [6.45, 7) is 5.53. The highest BCUT2D eigenvalue weighted by Gasteiger charge is 2.24. The lowest BCUT2D eigenvalue weighted by atomic mass is 10.2. The molecule has 1 heterocycles. The van der Waals surface area contributed by atoms with E-state index in [-0.39, 0.29) is 25.0 Å². The van der Waals surface area contributed by atoms with Crippen LogP contribution in [0.5, 0.6) is 11.5 Å². The molecule has 2 amide bonds. The van der Waals surface area contributed by atoms with Crippen molar-refractivity contribution in [3.8, 4) is 11.5 Å². The third-order valence-electron chi connectivity index (χ3n) is 4.96. The number of rotatable bonds is 6. The van der Waals surface area contributed by atoms with E-state index in [1.165, 1.54) is 0 Å². The maximum absolute atomic E-state index is 12.4. The van der Waals surface area contributed by atoms with Crippen molar-refractivity contribution in [2.24, 2.45) is 0 Å². The highest BCUT2D eigenvalue weighted by atomic mass is 35.5. The number of amides is 2. The molecule has 0 spiro atoms. The number of hydrogen-bond donors (Lipinski definition) is 0. The Bertz CT molecular complexity index is 852. The van der Waals surface area contributed by atoms with Crippen LogP contribution in [0.1, 0.15) is 11.1 Å². The van der Waals surface area contributed by atoms with E-state index in [2.05, 4.69) is 0 Å². The fourth-order valence-electron chi connectivity index (χ4n) is 3.22. The Kier molecular flexibility index (Phi) is 7.45. The standard InChI is InChI=1S/C22H24Cl2N2O4/c1-15-11-17(23)3-5-19(15)29-13-21(27)25-7-9-26(10-8-25)22(28)14-30-20-6-4-18(24)12-16(20)2/h3-6,11-12H,7-10,13-14H2,1-2H3. The average molecular weight is 451 g/mol. The van der Waals surface area contributed by atoms with Crippen molar-refractivity contribution in [2.75, 3.05) is 39.4 Å². The van der Waals surface area contributed by atoms with Gasteiger partial charge in [0, 0.05) is 36.2 Å². The molecule has 2 aromatic rings. The van der Waals surface area contributed by atoms with Gasteiger partial charge in [0.1, 0.15) is 11.5 Å². The quantitative estimate of drug-likeness (QED) is 0.672. The molecule has 2 aromatic carbocycles. The molecular formula is C22H24Cl2N2O4. The van der Waals surface area contributed by atoms with Gasteiger partial charge < -0.3 is 19.3 Å². The van der Waals surface area contributed by atoms with Crippen LogP contribution in [-0.4, -0.2) is 61.0 Å². The van der Waals surface area contributed by atoms with Crippen LogP contribution in [-0.2, 0) is 9.59 Å². The van der Waals surface area contributed by atoms with Crippen molar-refractivity contribution in [2.45, 2.75) is 13.8 Å². The fraction of sp³-hybridized carbons (Fsp3) is 0.364. The van der Waals surface area contributed by atoms with Crippen LogP contribution >= 0.6 is 23.2 Å². The summed E-state index contributed by atoms with van der Waals surface area (Å²) in [6.07, 6.45) is 0. The smallest absolute Gasteiger partial charge is 0.260 e. The second kappa shape index (κ2) is 10.0. The highest BCUT2D eigenvalue weighted by Crippen LogP contribution is 2.23. The lowest BCUT2D eigenvalue weighted by Gasteiger charge is -2.34. The van der Waals surface area contributed by atoms with Crippen molar-refractivity contribution in [3.05, 3.63) is 57.6 Å². The predicted molar refractivity (Wildman–Crippen MR) is 117 cm³/mol. The number of carbonyl (C=O) groups is 2. The van der Waals surface area contributed by atoms with Crippen LogP contribution in [0.25, 0.3) is 0 Å². The molecule has 30 heavy (non-hydrogen) atoms. The van der Waals surface area contributed by atoms with E-state index in [1.54, 1.807) is 46.2 Å². The van der Waals surface area contributed by atoms with E-state index in [9.17, 15) is 9.59 Å². The number of piperazine rings is 1. The summed E-state index contributed by atoms with van der Waals surface area (Å²) in [6, 6.07) is 10.5. The van der Waals surface area contributed by atoms with Crippen molar-refractivity contribution in [3.63, 3.8) is 0 Å². The summed E-state index contributed by atoms with van der Waals surface area (Å²) in [4.78, 5) is 28.3. The van der Waals surface area contributed by atoms with E-state index in [4.69, 9.17) is 32.7 Å². The summed E-state index contributed by atoms with van der Waals surface area (Å²) < 4.78 is 11.3. The number of halogens is 2. The van der Waals surface area contributed by atoms with Gasteiger partial charge in [-0.15, -0.1) is 0 Å². The van der Waals surface area contributed by atoms with Crippen LogP contribution < -0.4 is 9.47 Å². The van der Waals surface area contributed by atoms with E-state index < -0.39 is 0 Å². The number of benzene rings is 2. The molecule has 1 saturated heterocycles. The molecule has 1 aliphatic heterocycles. The van der Waals surface area contributed by atoms with Gasteiger partial charge in [0.25, 0.3) is 11.8 Å². The van der Waals surface area contributed by atoms with Gasteiger partial charge in [-0.05, 0) is 61.4 Å². The lowest BCUT2D eigenvalue weighted by molar-refractivity contribution is -0.141. The van der Waals surface area contributed by atoms with Gasteiger partial charge in [0.05, 0.1) is 0 Å². The summed E-state index contributed by atoms with van der Waals surface area (Å²) in [7, 11) is 0. The number of aryl methyl sites for hydroxylation is 2. The van der Waals surface area contributed by atoms with Gasteiger partial charge in [0.15, 0.2) is 13.2 Å². The number of hydrogen-bond acceptors (Lipinski definition) is 4. The zero-order chi connectivity index (χ0) is 21.7. The molecule has 0 aliphatic carbocycles. The zero-order valence-electron chi connectivity index (χ0n) is 17.0. The molecule has 0 unspecified atom stereocenters. The molecule has 0 atom stereocenters. The van der Waals surface area contributed by atoms with Crippen molar-refractivity contribution in [1.29, 1.82) is 0 Å². The maximum atomic E-state index is 12.4. The summed E-state index contributed by atoms with van der Waals surface area (Å²) in [5, 5.41) is 1.25. The SMILES string of the molecule is Cc1cc(Cl)ccc1OCC(=O)N1CCN(C(=O)COc2ccc(Cl)cc2C)CC1. The van der Waals surface area contributed by atoms with E-state index >= 15 is 0 Å². The number of ether oxygens (including phenoxy) is 2. The molecule has 8 heteroatoms. The maximum Gasteiger partial charge on any atom is 0.260 e.